The molecule has 1 aliphatic rings. The van der Waals surface area contributed by atoms with Crippen molar-refractivity contribution in [2.45, 2.75) is 5.41 Å². The second-order valence-corrected chi connectivity index (χ2v) is 19.3. The fourth-order valence-corrected chi connectivity index (χ4v) is 11.4. The molecular formula is C73H52N2. The van der Waals surface area contributed by atoms with E-state index in [2.05, 4.69) is 325 Å². The molecule has 0 fully saturated rings. The highest BCUT2D eigenvalue weighted by molar-refractivity contribution is 5.92. The molecule has 2 heteroatoms. The maximum absolute atomic E-state index is 2.47. The van der Waals surface area contributed by atoms with Crippen LogP contribution in [0.3, 0.4) is 0 Å². The highest BCUT2D eigenvalue weighted by Gasteiger charge is 2.47. The molecule has 0 bridgehead atoms. The Kier molecular flexibility index (Phi) is 11.8. The molecule has 0 saturated carbocycles. The number of nitrogens with zero attached hydrogens (tertiary/aromatic N) is 2. The molecule has 2 nitrogen and oxygen atoms in total. The van der Waals surface area contributed by atoms with Gasteiger partial charge in [0.1, 0.15) is 0 Å². The Morgan fingerprint density at radius 1 is 0.187 bits per heavy atom. The van der Waals surface area contributed by atoms with E-state index in [4.69, 9.17) is 0 Å². The molecule has 0 unspecified atom stereocenters. The lowest BCUT2D eigenvalue weighted by Crippen LogP contribution is -2.29. The molecule has 13 rings (SSSR count). The van der Waals surface area contributed by atoms with Gasteiger partial charge in [-0.15, -0.1) is 0 Å². The minimum Gasteiger partial charge on any atom is -0.310 e. The van der Waals surface area contributed by atoms with Crippen LogP contribution in [0.4, 0.5) is 34.1 Å². The average Bonchev–Trinajstić information content (AvgIpc) is 3.92. The number of benzene rings is 12. The van der Waals surface area contributed by atoms with E-state index in [1.165, 1.54) is 77.9 Å². The summed E-state index contributed by atoms with van der Waals surface area (Å²) in [6, 6.07) is 115. The van der Waals surface area contributed by atoms with E-state index in [1.54, 1.807) is 0 Å². The lowest BCUT2D eigenvalue weighted by molar-refractivity contribution is 0.768. The fourth-order valence-electron chi connectivity index (χ4n) is 11.4. The summed E-state index contributed by atoms with van der Waals surface area (Å²) in [6.45, 7) is 0. The Labute approximate surface area is 440 Å². The van der Waals surface area contributed by atoms with Gasteiger partial charge in [0.05, 0.1) is 5.41 Å². The van der Waals surface area contributed by atoms with Crippen LogP contribution >= 0.6 is 0 Å². The number of anilines is 6. The van der Waals surface area contributed by atoms with Crippen LogP contribution in [0.15, 0.2) is 315 Å². The summed E-state index contributed by atoms with van der Waals surface area (Å²) < 4.78 is 0. The molecule has 0 aliphatic heterocycles. The standard InChI is InChI=1S/C73H52N2/c1-7-19-53(20-8-1)57-31-39-63(40-32-57)74(64-41-33-58(34-42-64)54-21-9-2-10-22-54)67-47-49-69-70-50-48-68(52-72(70)73(71(69)51-67,61-27-15-5-16-28-61)62-29-17-6-18-30-62)75(65-43-35-59(36-44-65)55-23-11-3-12-24-55)66-45-37-60(38-46-66)56-25-13-4-14-26-56/h1-52H. The van der Waals surface area contributed by atoms with Gasteiger partial charge in [-0.25, -0.2) is 0 Å². The lowest BCUT2D eigenvalue weighted by Gasteiger charge is -2.35. The highest BCUT2D eigenvalue weighted by Crippen LogP contribution is 2.58. The first-order valence-corrected chi connectivity index (χ1v) is 25.8. The van der Waals surface area contributed by atoms with Gasteiger partial charge in [0.15, 0.2) is 0 Å². The molecule has 0 atom stereocenters. The van der Waals surface area contributed by atoms with Crippen molar-refractivity contribution in [3.8, 4) is 55.6 Å². The van der Waals surface area contributed by atoms with E-state index in [-0.39, 0.29) is 0 Å². The molecule has 0 saturated heterocycles. The van der Waals surface area contributed by atoms with E-state index in [1.807, 2.05) is 0 Å². The molecule has 354 valence electrons. The maximum atomic E-state index is 2.47. The fraction of sp³-hybridized carbons (Fsp3) is 0.0137. The van der Waals surface area contributed by atoms with Gasteiger partial charge in [0, 0.05) is 34.1 Å². The second kappa shape index (κ2) is 19.7. The summed E-state index contributed by atoms with van der Waals surface area (Å²) in [5, 5.41) is 0. The summed E-state index contributed by atoms with van der Waals surface area (Å²) >= 11 is 0. The van der Waals surface area contributed by atoms with Gasteiger partial charge in [-0.2, -0.15) is 0 Å². The minimum absolute atomic E-state index is 0.681. The molecule has 0 amide bonds. The molecule has 0 spiro atoms. The summed E-state index contributed by atoms with van der Waals surface area (Å²) in [5.74, 6) is 0. The zero-order chi connectivity index (χ0) is 50.0. The molecule has 0 radical (unpaired) electrons. The van der Waals surface area contributed by atoms with Crippen LogP contribution in [0.1, 0.15) is 22.3 Å². The molecule has 12 aromatic rings. The van der Waals surface area contributed by atoms with E-state index in [9.17, 15) is 0 Å². The van der Waals surface area contributed by atoms with Crippen molar-refractivity contribution in [1.82, 2.24) is 0 Å². The van der Waals surface area contributed by atoms with Gasteiger partial charge in [0.2, 0.25) is 0 Å². The van der Waals surface area contributed by atoms with Crippen LogP contribution in [0, 0.1) is 0 Å². The van der Waals surface area contributed by atoms with Crippen LogP contribution in [-0.4, -0.2) is 0 Å². The summed E-state index contributed by atoms with van der Waals surface area (Å²) in [5.41, 5.74) is 22.6. The number of rotatable bonds is 12. The van der Waals surface area contributed by atoms with Crippen LogP contribution in [0.5, 0.6) is 0 Å². The topological polar surface area (TPSA) is 6.48 Å². The van der Waals surface area contributed by atoms with Crippen LogP contribution in [-0.2, 0) is 5.41 Å². The molecule has 0 heterocycles. The van der Waals surface area contributed by atoms with Gasteiger partial charge >= 0.3 is 0 Å². The van der Waals surface area contributed by atoms with Gasteiger partial charge < -0.3 is 9.80 Å². The smallest absolute Gasteiger partial charge is 0.0715 e. The third-order valence-electron chi connectivity index (χ3n) is 15.0. The summed E-state index contributed by atoms with van der Waals surface area (Å²) in [7, 11) is 0. The Bertz CT molecular complexity index is 3430. The predicted molar refractivity (Wildman–Crippen MR) is 315 cm³/mol. The molecular weight excluding hydrogens is 905 g/mol. The lowest BCUT2D eigenvalue weighted by atomic mass is 9.67. The second-order valence-electron chi connectivity index (χ2n) is 19.3. The van der Waals surface area contributed by atoms with Crippen LogP contribution in [0.25, 0.3) is 55.6 Å². The Hall–Kier alpha value is -9.76. The third kappa shape index (κ3) is 8.39. The maximum Gasteiger partial charge on any atom is 0.0715 e. The number of fused-ring (bicyclic) bond motifs is 3. The van der Waals surface area contributed by atoms with Gasteiger partial charge in [-0.1, -0.05) is 243 Å². The SMILES string of the molecule is c1ccc(-c2ccc(N(c3ccc(-c4ccccc4)cc3)c3ccc4c(c3)C(c3ccccc3)(c3ccccc3)c3cc(N(c5ccc(-c6ccccc6)cc5)c5ccc(-c6ccccc6)cc5)ccc3-4)cc2)cc1. The predicted octanol–water partition coefficient (Wildman–Crippen LogP) is 19.7. The van der Waals surface area contributed by atoms with Crippen molar-refractivity contribution in [3.05, 3.63) is 338 Å². The first kappa shape index (κ1) is 45.1. The first-order valence-electron chi connectivity index (χ1n) is 25.8. The van der Waals surface area contributed by atoms with Crippen molar-refractivity contribution in [2.24, 2.45) is 0 Å². The Morgan fingerprint density at radius 3 is 0.653 bits per heavy atom. The average molecular weight is 957 g/mol. The van der Waals surface area contributed by atoms with Crippen molar-refractivity contribution >= 4 is 34.1 Å². The third-order valence-corrected chi connectivity index (χ3v) is 15.0. The number of hydrogen-bond acceptors (Lipinski definition) is 2. The van der Waals surface area contributed by atoms with Gasteiger partial charge in [-0.05, 0) is 151 Å². The highest BCUT2D eigenvalue weighted by atomic mass is 15.1. The summed E-state index contributed by atoms with van der Waals surface area (Å²) in [6.07, 6.45) is 0. The van der Waals surface area contributed by atoms with Crippen LogP contribution < -0.4 is 9.80 Å². The monoisotopic (exact) mass is 956 g/mol. The Balaban J connectivity index is 0.999. The van der Waals surface area contributed by atoms with Gasteiger partial charge in [-0.3, -0.25) is 0 Å². The number of hydrogen-bond donors (Lipinski definition) is 0. The van der Waals surface area contributed by atoms with Crippen molar-refractivity contribution in [1.29, 1.82) is 0 Å². The molecule has 0 N–H and O–H groups in total. The first-order chi connectivity index (χ1) is 37.2. The zero-order valence-corrected chi connectivity index (χ0v) is 41.4. The van der Waals surface area contributed by atoms with Crippen molar-refractivity contribution < 1.29 is 0 Å². The molecule has 1 aliphatic carbocycles. The molecule has 12 aromatic carbocycles. The largest absolute Gasteiger partial charge is 0.310 e. The quantitative estimate of drug-likeness (QED) is 0.120. The summed E-state index contributed by atoms with van der Waals surface area (Å²) in [4.78, 5) is 4.83. The molecule has 75 heavy (non-hydrogen) atoms. The van der Waals surface area contributed by atoms with Gasteiger partial charge in [0.25, 0.3) is 0 Å². The molecule has 0 aromatic heterocycles. The van der Waals surface area contributed by atoms with E-state index in [0.29, 0.717) is 0 Å². The normalized spacial score (nSPS) is 12.1. The van der Waals surface area contributed by atoms with E-state index < -0.39 is 5.41 Å². The zero-order valence-electron chi connectivity index (χ0n) is 41.4. The minimum atomic E-state index is -0.681. The van der Waals surface area contributed by atoms with E-state index in [0.717, 1.165) is 34.1 Å². The van der Waals surface area contributed by atoms with Crippen molar-refractivity contribution in [3.63, 3.8) is 0 Å². The van der Waals surface area contributed by atoms with Crippen LogP contribution in [0.2, 0.25) is 0 Å². The van der Waals surface area contributed by atoms with E-state index >= 15 is 0 Å². The Morgan fingerprint density at radius 2 is 0.400 bits per heavy atom. The van der Waals surface area contributed by atoms with Crippen molar-refractivity contribution in [2.75, 3.05) is 9.80 Å².